The zero-order valence-electron chi connectivity index (χ0n) is 30.1. The Morgan fingerprint density at radius 3 is 2.55 bits per heavy atom. The summed E-state index contributed by atoms with van der Waals surface area (Å²) in [4.78, 5) is 38.8. The van der Waals surface area contributed by atoms with Crippen molar-refractivity contribution >= 4 is 11.8 Å². The molecule has 9 atom stereocenters. The number of fused-ring (bicyclic) bond motifs is 1. The Balaban J connectivity index is 1.58. The number of aliphatic hydroxyl groups is 1. The van der Waals surface area contributed by atoms with E-state index in [0.717, 1.165) is 25.3 Å². The summed E-state index contributed by atoms with van der Waals surface area (Å²) in [7, 11) is 7.50. The van der Waals surface area contributed by atoms with Gasteiger partial charge in [-0.15, -0.1) is 0 Å². The van der Waals surface area contributed by atoms with Gasteiger partial charge in [0.15, 0.2) is 12.1 Å². The third-order valence-electron chi connectivity index (χ3n) is 10.4. The molecule has 2 saturated heterocycles. The fourth-order valence-corrected chi connectivity index (χ4v) is 7.53. The van der Waals surface area contributed by atoms with Gasteiger partial charge >= 0.3 is 5.97 Å². The van der Waals surface area contributed by atoms with Gasteiger partial charge in [-0.25, -0.2) is 0 Å². The second kappa shape index (κ2) is 15.5. The van der Waals surface area contributed by atoms with Crippen LogP contribution < -0.4 is 0 Å². The molecule has 0 bridgehead atoms. The number of aliphatic hydroxyl groups excluding tert-OH is 1. The summed E-state index contributed by atoms with van der Waals surface area (Å²) < 4.78 is 24.9. The molecule has 1 aromatic heterocycles. The van der Waals surface area contributed by atoms with Gasteiger partial charge in [-0.3, -0.25) is 24.4 Å². The lowest BCUT2D eigenvalue weighted by molar-refractivity contribution is -0.295. The molecule has 0 unspecified atom stereocenters. The van der Waals surface area contributed by atoms with E-state index in [0.29, 0.717) is 19.4 Å². The van der Waals surface area contributed by atoms with Gasteiger partial charge in [-0.05, 0) is 79.2 Å². The van der Waals surface area contributed by atoms with Crippen molar-refractivity contribution < 1.29 is 33.6 Å². The van der Waals surface area contributed by atoms with Gasteiger partial charge in [0.2, 0.25) is 0 Å². The third-order valence-corrected chi connectivity index (χ3v) is 10.4. The lowest BCUT2D eigenvalue weighted by atomic mass is 9.74. The summed E-state index contributed by atoms with van der Waals surface area (Å²) in [5.74, 6) is -1.55. The Labute approximate surface area is 281 Å². The van der Waals surface area contributed by atoms with Crippen LogP contribution in [0.5, 0.6) is 0 Å². The number of methoxy groups -OCH3 is 1. The lowest BCUT2D eigenvalue weighted by Gasteiger charge is -2.47. The van der Waals surface area contributed by atoms with Crippen LogP contribution >= 0.6 is 0 Å². The van der Waals surface area contributed by atoms with Gasteiger partial charge in [0.05, 0.1) is 29.5 Å². The summed E-state index contributed by atoms with van der Waals surface area (Å²) in [6.45, 7) is 14.3. The lowest BCUT2D eigenvalue weighted by Crippen LogP contribution is -2.59. The molecule has 11 nitrogen and oxygen atoms in total. The number of pyridine rings is 1. The van der Waals surface area contributed by atoms with Crippen molar-refractivity contribution in [2.75, 3.05) is 47.9 Å². The molecule has 0 aromatic carbocycles. The highest BCUT2D eigenvalue weighted by atomic mass is 16.7. The second-order valence-corrected chi connectivity index (χ2v) is 15.0. The van der Waals surface area contributed by atoms with Gasteiger partial charge < -0.3 is 29.0 Å². The van der Waals surface area contributed by atoms with Crippen LogP contribution in [0.2, 0.25) is 0 Å². The van der Waals surface area contributed by atoms with Crippen molar-refractivity contribution in [2.45, 2.75) is 110 Å². The number of ether oxygens (including phenoxy) is 4. The van der Waals surface area contributed by atoms with E-state index in [-0.39, 0.29) is 36.5 Å². The summed E-state index contributed by atoms with van der Waals surface area (Å²) in [5, 5.41) is 11.3. The van der Waals surface area contributed by atoms with Crippen LogP contribution in [-0.4, -0.2) is 127 Å². The molecule has 0 radical (unpaired) electrons. The Kier molecular flexibility index (Phi) is 12.4. The Bertz CT molecular complexity index is 1230. The molecule has 0 aliphatic carbocycles. The average Bonchev–Trinajstić information content (AvgIpc) is 3.43. The first-order valence-electron chi connectivity index (χ1n) is 17.0. The largest absolute Gasteiger partial charge is 0.463 e. The second-order valence-electron chi connectivity index (χ2n) is 15.0. The SMILES string of the molecule is CO[C@]1(C)C[C@@H](C)CN(C)[C@H](/C=C/CN2Cc3cccnc3C2)COC(=O)C(C)(C)C(=O)[C@H](C)[C@H]1O[C@@H]1O[C@H](C)C[C@H](N(C)C)[C@H]1O. The molecular formula is C36H58N4O7. The first kappa shape index (κ1) is 37.6. The quantitative estimate of drug-likeness (QED) is 0.265. The van der Waals surface area contributed by atoms with Gasteiger partial charge in [-0.1, -0.05) is 32.1 Å². The highest BCUT2D eigenvalue weighted by molar-refractivity contribution is 6.04. The standard InChI is InChI=1S/C36H58N4O7/c1-23-18-36(6,44-10)32(47-33-30(41)29(38(7)8)17-24(2)46-33)25(3)31(42)35(4,5)34(43)45-22-27(39(9)19-23)14-12-16-40-20-26-13-11-15-37-28(26)21-40/h11-15,23-25,27,29-30,32-33,41H,16-22H2,1-10H3/b14-12+/t23-,24-,25+,27-,29+,30-,32-,33+,36-/m1/s1. The van der Waals surface area contributed by atoms with E-state index >= 15 is 0 Å². The molecule has 1 N–H and O–H groups in total. The molecule has 3 aliphatic heterocycles. The summed E-state index contributed by atoms with van der Waals surface area (Å²) >= 11 is 0. The monoisotopic (exact) mass is 658 g/mol. The number of cyclic esters (lactones) is 1. The zero-order valence-corrected chi connectivity index (χ0v) is 30.1. The minimum Gasteiger partial charge on any atom is -0.463 e. The number of esters is 1. The first-order valence-corrected chi connectivity index (χ1v) is 17.0. The topological polar surface area (TPSA) is 114 Å². The molecule has 2 fully saturated rings. The van der Waals surface area contributed by atoms with Crippen molar-refractivity contribution in [3.63, 3.8) is 0 Å². The molecule has 11 heteroatoms. The zero-order chi connectivity index (χ0) is 34.7. The number of likely N-dealkylation sites (N-methyl/N-ethyl adjacent to an activating group) is 2. The summed E-state index contributed by atoms with van der Waals surface area (Å²) in [6.07, 6.45) is 4.38. The molecule has 4 rings (SSSR count). The predicted molar refractivity (Wildman–Crippen MR) is 179 cm³/mol. The molecule has 0 saturated carbocycles. The predicted octanol–water partition coefficient (Wildman–Crippen LogP) is 3.28. The first-order chi connectivity index (χ1) is 22.1. The van der Waals surface area contributed by atoms with E-state index in [1.54, 1.807) is 27.9 Å². The van der Waals surface area contributed by atoms with E-state index < -0.39 is 41.4 Å². The highest BCUT2D eigenvalue weighted by Gasteiger charge is 2.51. The third kappa shape index (κ3) is 8.68. The van der Waals surface area contributed by atoms with E-state index in [4.69, 9.17) is 18.9 Å². The minimum absolute atomic E-state index is 0.114. The number of hydrogen-bond donors (Lipinski definition) is 1. The van der Waals surface area contributed by atoms with Crippen LogP contribution in [0.15, 0.2) is 30.5 Å². The maximum atomic E-state index is 14.2. The molecule has 1 aromatic rings. The van der Waals surface area contributed by atoms with Gasteiger partial charge in [0, 0.05) is 51.4 Å². The van der Waals surface area contributed by atoms with Gasteiger partial charge in [0.25, 0.3) is 0 Å². The van der Waals surface area contributed by atoms with Crippen LogP contribution in [0.3, 0.4) is 0 Å². The maximum absolute atomic E-state index is 14.2. The Hall–Kier alpha value is -2.25. The number of ketones is 1. The number of Topliss-reactive ketones (excluding diaryl/α,β-unsaturated/α-hetero) is 1. The molecule has 264 valence electrons. The van der Waals surface area contributed by atoms with Gasteiger partial charge in [-0.2, -0.15) is 0 Å². The number of carbonyl (C=O) groups excluding carboxylic acids is 2. The van der Waals surface area contributed by atoms with Crippen LogP contribution in [0.25, 0.3) is 0 Å². The summed E-state index contributed by atoms with van der Waals surface area (Å²) in [6, 6.07) is 3.72. The summed E-state index contributed by atoms with van der Waals surface area (Å²) in [5.41, 5.74) is -0.0135. The molecule has 0 amide bonds. The fourth-order valence-electron chi connectivity index (χ4n) is 7.53. The highest BCUT2D eigenvalue weighted by Crippen LogP contribution is 2.38. The molecule has 4 heterocycles. The molecule has 0 spiro atoms. The molecular weight excluding hydrogens is 600 g/mol. The van der Waals surface area contributed by atoms with Crippen LogP contribution in [0, 0.1) is 17.3 Å². The average molecular weight is 659 g/mol. The Morgan fingerprint density at radius 2 is 1.89 bits per heavy atom. The minimum atomic E-state index is -1.44. The van der Waals surface area contributed by atoms with Crippen LogP contribution in [-0.2, 0) is 41.6 Å². The van der Waals surface area contributed by atoms with Gasteiger partial charge in [0.1, 0.15) is 18.1 Å². The number of carbonyl (C=O) groups is 2. The fraction of sp³-hybridized carbons (Fsp3) is 0.750. The van der Waals surface area contributed by atoms with Crippen molar-refractivity contribution in [1.82, 2.24) is 19.7 Å². The Morgan fingerprint density at radius 1 is 1.17 bits per heavy atom. The van der Waals surface area contributed by atoms with Crippen LogP contribution in [0.1, 0.15) is 65.6 Å². The smallest absolute Gasteiger partial charge is 0.319 e. The van der Waals surface area contributed by atoms with E-state index in [1.165, 1.54) is 5.56 Å². The van der Waals surface area contributed by atoms with E-state index in [9.17, 15) is 14.7 Å². The maximum Gasteiger partial charge on any atom is 0.319 e. The number of nitrogens with zero attached hydrogens (tertiary/aromatic N) is 4. The van der Waals surface area contributed by atoms with E-state index in [2.05, 4.69) is 39.9 Å². The van der Waals surface area contributed by atoms with Crippen LogP contribution in [0.4, 0.5) is 0 Å². The van der Waals surface area contributed by atoms with Crippen molar-refractivity contribution in [1.29, 1.82) is 0 Å². The number of rotatable bonds is 7. The number of aromatic nitrogens is 1. The molecule has 3 aliphatic rings. The molecule has 47 heavy (non-hydrogen) atoms. The number of hydrogen-bond acceptors (Lipinski definition) is 11. The van der Waals surface area contributed by atoms with Crippen molar-refractivity contribution in [3.8, 4) is 0 Å². The van der Waals surface area contributed by atoms with E-state index in [1.807, 2.05) is 52.2 Å². The normalized spacial score (nSPS) is 36.5. The van der Waals surface area contributed by atoms with Crippen molar-refractivity contribution in [3.05, 3.63) is 41.7 Å². The van der Waals surface area contributed by atoms with Crippen molar-refractivity contribution in [2.24, 2.45) is 17.3 Å².